The highest BCUT2D eigenvalue weighted by Crippen LogP contribution is 2.45. The van der Waals surface area contributed by atoms with Gasteiger partial charge in [0.15, 0.2) is 0 Å². The van der Waals surface area contributed by atoms with E-state index in [0.29, 0.717) is 25.1 Å². The van der Waals surface area contributed by atoms with E-state index in [9.17, 15) is 9.36 Å². The zero-order valence-corrected chi connectivity index (χ0v) is 11.0. The summed E-state index contributed by atoms with van der Waals surface area (Å²) in [5, 5.41) is 0. The number of rotatable bonds is 6. The van der Waals surface area contributed by atoms with Crippen molar-refractivity contribution in [3.05, 3.63) is 11.6 Å². The first-order valence-corrected chi connectivity index (χ1v) is 7.64. The first-order valence-electron chi connectivity index (χ1n) is 5.38. The van der Waals surface area contributed by atoms with Crippen LogP contribution in [0.4, 0.5) is 0 Å². The van der Waals surface area contributed by atoms with Gasteiger partial charge in [0.05, 0.1) is 13.7 Å². The maximum atomic E-state index is 12.1. The predicted molar refractivity (Wildman–Crippen MR) is 63.9 cm³/mol. The number of ether oxygens (including phenoxy) is 1. The fourth-order valence-corrected chi connectivity index (χ4v) is 3.23. The number of carbonyl (C=O) groups is 1. The highest BCUT2D eigenvalue weighted by Gasteiger charge is 2.17. The molecule has 0 aliphatic carbocycles. The van der Waals surface area contributed by atoms with Gasteiger partial charge < -0.3 is 9.30 Å². The van der Waals surface area contributed by atoms with Crippen LogP contribution in [-0.4, -0.2) is 31.1 Å². The molecule has 0 aliphatic heterocycles. The summed E-state index contributed by atoms with van der Waals surface area (Å²) in [5.41, 5.74) is 0.848. The molecule has 0 atom stereocenters. The van der Waals surface area contributed by atoms with Crippen molar-refractivity contribution in [1.82, 2.24) is 0 Å². The predicted octanol–water partition coefficient (Wildman–Crippen LogP) is 2.90. The van der Waals surface area contributed by atoms with Crippen molar-refractivity contribution < 1.29 is 14.1 Å². The van der Waals surface area contributed by atoms with E-state index in [4.69, 9.17) is 4.74 Å². The smallest absolute Gasteiger partial charge is 0.330 e. The van der Waals surface area contributed by atoms with Crippen molar-refractivity contribution in [2.75, 3.05) is 25.1 Å². The van der Waals surface area contributed by atoms with Crippen molar-refractivity contribution >= 4 is 13.1 Å². The Morgan fingerprint density at radius 1 is 1.27 bits per heavy atom. The van der Waals surface area contributed by atoms with E-state index in [0.717, 1.165) is 5.57 Å². The second kappa shape index (κ2) is 6.84. The molecule has 15 heavy (non-hydrogen) atoms. The van der Waals surface area contributed by atoms with Crippen LogP contribution in [0.5, 0.6) is 0 Å². The molecule has 0 amide bonds. The van der Waals surface area contributed by atoms with Crippen molar-refractivity contribution in [2.24, 2.45) is 0 Å². The Morgan fingerprint density at radius 3 is 2.20 bits per heavy atom. The maximum absolute atomic E-state index is 12.1. The molecule has 0 bridgehead atoms. The lowest BCUT2D eigenvalue weighted by atomic mass is 10.3. The number of hydrogen-bond acceptors (Lipinski definition) is 3. The van der Waals surface area contributed by atoms with Gasteiger partial charge >= 0.3 is 5.97 Å². The van der Waals surface area contributed by atoms with Crippen LogP contribution in [-0.2, 0) is 14.1 Å². The van der Waals surface area contributed by atoms with Gasteiger partial charge in [-0.3, -0.25) is 0 Å². The van der Waals surface area contributed by atoms with E-state index >= 15 is 0 Å². The van der Waals surface area contributed by atoms with Crippen LogP contribution in [0.25, 0.3) is 0 Å². The topological polar surface area (TPSA) is 43.4 Å². The number of esters is 1. The third-order valence-electron chi connectivity index (χ3n) is 2.34. The molecule has 0 fully saturated rings. The van der Waals surface area contributed by atoms with E-state index < -0.39 is 7.14 Å². The van der Waals surface area contributed by atoms with Crippen LogP contribution in [0.2, 0.25) is 0 Å². The fourth-order valence-electron chi connectivity index (χ4n) is 1.33. The second-order valence-electron chi connectivity index (χ2n) is 3.59. The van der Waals surface area contributed by atoms with E-state index in [1.54, 1.807) is 6.92 Å². The molecule has 0 unspecified atom stereocenters. The molecule has 4 heteroatoms. The molecule has 0 N–H and O–H groups in total. The Kier molecular flexibility index (Phi) is 6.58. The van der Waals surface area contributed by atoms with Gasteiger partial charge in [-0.15, -0.1) is 0 Å². The van der Waals surface area contributed by atoms with E-state index in [-0.39, 0.29) is 5.97 Å². The Hall–Kier alpha value is -0.560. The SMILES string of the molecule is CCOC(=O)/C=C(/C)CP(=O)(CC)CC. The number of allylic oxidation sites excluding steroid dienone is 1. The molecule has 0 heterocycles. The van der Waals surface area contributed by atoms with Crippen LogP contribution in [0.1, 0.15) is 27.7 Å². The van der Waals surface area contributed by atoms with Crippen LogP contribution in [0.3, 0.4) is 0 Å². The van der Waals surface area contributed by atoms with Crippen molar-refractivity contribution in [3.8, 4) is 0 Å². The molecule has 0 saturated carbocycles. The zero-order valence-electron chi connectivity index (χ0n) is 10.1. The Morgan fingerprint density at radius 2 is 1.80 bits per heavy atom. The summed E-state index contributed by atoms with van der Waals surface area (Å²) in [6.07, 6.45) is 3.36. The molecule has 0 saturated heterocycles. The first kappa shape index (κ1) is 14.4. The summed E-state index contributed by atoms with van der Waals surface area (Å²) in [6.45, 7) is 7.84. The van der Waals surface area contributed by atoms with Gasteiger partial charge in [-0.1, -0.05) is 19.4 Å². The number of hydrogen-bond donors (Lipinski definition) is 0. The summed E-state index contributed by atoms with van der Waals surface area (Å²) >= 11 is 0. The summed E-state index contributed by atoms with van der Waals surface area (Å²) in [4.78, 5) is 11.1. The molecule has 0 aromatic carbocycles. The lowest BCUT2D eigenvalue weighted by molar-refractivity contribution is -0.137. The van der Waals surface area contributed by atoms with Crippen LogP contribution >= 0.6 is 7.14 Å². The molecule has 3 nitrogen and oxygen atoms in total. The lowest BCUT2D eigenvalue weighted by Crippen LogP contribution is -2.03. The van der Waals surface area contributed by atoms with Gasteiger partial charge in [0.1, 0.15) is 0 Å². The summed E-state index contributed by atoms with van der Waals surface area (Å²) in [5.74, 6) is -0.339. The molecule has 0 aliphatic rings. The summed E-state index contributed by atoms with van der Waals surface area (Å²) < 4.78 is 16.9. The van der Waals surface area contributed by atoms with Crippen LogP contribution in [0, 0.1) is 0 Å². The Labute approximate surface area is 92.3 Å². The molecule has 0 aromatic rings. The molecule has 0 rings (SSSR count). The zero-order chi connectivity index (χ0) is 11.9. The molecule has 0 aromatic heterocycles. The van der Waals surface area contributed by atoms with Crippen LogP contribution < -0.4 is 0 Å². The fraction of sp³-hybridized carbons (Fsp3) is 0.727. The van der Waals surface area contributed by atoms with Gasteiger partial charge in [-0.05, 0) is 26.2 Å². The minimum absolute atomic E-state index is 0.339. The molecule has 88 valence electrons. The molecule has 0 spiro atoms. The van der Waals surface area contributed by atoms with Gasteiger partial charge in [-0.2, -0.15) is 0 Å². The van der Waals surface area contributed by atoms with Crippen molar-refractivity contribution in [2.45, 2.75) is 27.7 Å². The molecule has 0 radical (unpaired) electrons. The highest BCUT2D eigenvalue weighted by molar-refractivity contribution is 7.64. The normalized spacial score (nSPS) is 12.7. The van der Waals surface area contributed by atoms with Crippen LogP contribution in [0.15, 0.2) is 11.6 Å². The van der Waals surface area contributed by atoms with E-state index in [1.807, 2.05) is 20.8 Å². The Bertz CT molecular complexity index is 274. The third kappa shape index (κ3) is 5.78. The Balaban J connectivity index is 4.40. The average Bonchev–Trinajstić information content (AvgIpc) is 2.17. The van der Waals surface area contributed by atoms with Gasteiger partial charge in [0.25, 0.3) is 0 Å². The maximum Gasteiger partial charge on any atom is 0.330 e. The van der Waals surface area contributed by atoms with Gasteiger partial charge in [0, 0.05) is 12.2 Å². The lowest BCUT2D eigenvalue weighted by Gasteiger charge is -2.13. The first-order chi connectivity index (χ1) is 6.97. The second-order valence-corrected chi connectivity index (χ2v) is 7.29. The quantitative estimate of drug-likeness (QED) is 0.402. The van der Waals surface area contributed by atoms with E-state index in [2.05, 4.69) is 0 Å². The molecular weight excluding hydrogens is 211 g/mol. The largest absolute Gasteiger partial charge is 0.463 e. The minimum Gasteiger partial charge on any atom is -0.463 e. The average molecular weight is 232 g/mol. The van der Waals surface area contributed by atoms with Gasteiger partial charge in [0.2, 0.25) is 0 Å². The third-order valence-corrected chi connectivity index (χ3v) is 5.72. The van der Waals surface area contributed by atoms with E-state index in [1.165, 1.54) is 6.08 Å². The van der Waals surface area contributed by atoms with Crippen molar-refractivity contribution in [1.29, 1.82) is 0 Å². The summed E-state index contributed by atoms with van der Waals surface area (Å²) in [6, 6.07) is 0. The molecular formula is C11H21O3P. The number of carbonyl (C=O) groups excluding carboxylic acids is 1. The highest BCUT2D eigenvalue weighted by atomic mass is 31.2. The standard InChI is InChI=1S/C11H21O3P/c1-5-14-11(12)8-10(4)9-15(13,6-2)7-3/h8H,5-7,9H2,1-4H3/b10-8-. The summed E-state index contributed by atoms with van der Waals surface area (Å²) in [7, 11) is -2.09. The monoisotopic (exact) mass is 232 g/mol. The minimum atomic E-state index is -2.09. The van der Waals surface area contributed by atoms with Gasteiger partial charge in [-0.25, -0.2) is 4.79 Å². The van der Waals surface area contributed by atoms with Crippen molar-refractivity contribution in [3.63, 3.8) is 0 Å².